The van der Waals surface area contributed by atoms with Gasteiger partial charge in [-0.05, 0) is 48.6 Å². The van der Waals surface area contributed by atoms with Gasteiger partial charge in [-0.1, -0.05) is 12.1 Å². The summed E-state index contributed by atoms with van der Waals surface area (Å²) in [4.78, 5) is 25.7. The van der Waals surface area contributed by atoms with E-state index >= 15 is 0 Å². The van der Waals surface area contributed by atoms with Crippen molar-refractivity contribution in [2.24, 2.45) is 0 Å². The van der Waals surface area contributed by atoms with Crippen LogP contribution in [0.1, 0.15) is 11.6 Å². The molecule has 2 rings (SSSR count). The molecule has 0 aliphatic carbocycles. The summed E-state index contributed by atoms with van der Waals surface area (Å²) in [6.07, 6.45) is 0. The Labute approximate surface area is 138 Å². The van der Waals surface area contributed by atoms with E-state index < -0.39 is 17.6 Å². The molecule has 2 amide bonds. The number of carbonyl (C=O) groups is 2. The number of halogens is 1. The summed E-state index contributed by atoms with van der Waals surface area (Å²) in [6, 6.07) is 7.64. The predicted molar refractivity (Wildman–Crippen MR) is 88.8 cm³/mol. The number of nitrogens with one attached hydrogen (secondary N) is 2. The third kappa shape index (κ3) is 4.61. The van der Waals surface area contributed by atoms with Crippen molar-refractivity contribution in [2.75, 3.05) is 26.0 Å². The number of nitrogens with zero attached hydrogens (tertiary/aromatic N) is 1. The number of benzene rings is 1. The molecule has 0 saturated carbocycles. The van der Waals surface area contributed by atoms with E-state index in [1.165, 1.54) is 18.2 Å². The van der Waals surface area contributed by atoms with Crippen molar-refractivity contribution in [1.29, 1.82) is 0 Å². The van der Waals surface area contributed by atoms with E-state index in [9.17, 15) is 14.0 Å². The van der Waals surface area contributed by atoms with E-state index in [-0.39, 0.29) is 18.3 Å². The first-order valence-electron chi connectivity index (χ1n) is 7.01. The molecule has 0 unspecified atom stereocenters. The third-order valence-electron chi connectivity index (χ3n) is 3.34. The molecule has 0 spiro atoms. The summed E-state index contributed by atoms with van der Waals surface area (Å²) in [5, 5.41) is 8.79. The highest BCUT2D eigenvalue weighted by molar-refractivity contribution is 7.07. The second-order valence-electron chi connectivity index (χ2n) is 5.18. The molecule has 1 heterocycles. The van der Waals surface area contributed by atoms with Gasteiger partial charge in [0.05, 0.1) is 11.7 Å². The van der Waals surface area contributed by atoms with Gasteiger partial charge in [0.2, 0.25) is 0 Å². The van der Waals surface area contributed by atoms with Gasteiger partial charge in [0.1, 0.15) is 5.82 Å². The highest BCUT2D eigenvalue weighted by Crippen LogP contribution is 2.20. The van der Waals surface area contributed by atoms with Gasteiger partial charge in [-0.25, -0.2) is 4.39 Å². The SMILES string of the molecule is CN(C)[C@@H](CNC(=O)C(=O)Nc1ccccc1F)c1ccsc1. The topological polar surface area (TPSA) is 61.4 Å². The first-order chi connectivity index (χ1) is 11.0. The van der Waals surface area contributed by atoms with Crippen LogP contribution in [0.2, 0.25) is 0 Å². The van der Waals surface area contributed by atoms with Crippen molar-refractivity contribution in [2.45, 2.75) is 6.04 Å². The molecule has 7 heteroatoms. The van der Waals surface area contributed by atoms with Crippen molar-refractivity contribution in [3.8, 4) is 0 Å². The molecule has 1 aromatic heterocycles. The van der Waals surface area contributed by atoms with Crippen molar-refractivity contribution in [1.82, 2.24) is 10.2 Å². The molecule has 2 N–H and O–H groups in total. The van der Waals surface area contributed by atoms with Gasteiger partial charge in [-0.3, -0.25) is 9.59 Å². The zero-order valence-corrected chi connectivity index (χ0v) is 13.7. The van der Waals surface area contributed by atoms with E-state index in [2.05, 4.69) is 10.6 Å². The number of rotatable bonds is 5. The minimum atomic E-state index is -0.891. The first-order valence-corrected chi connectivity index (χ1v) is 7.95. The Morgan fingerprint density at radius 1 is 1.22 bits per heavy atom. The number of carbonyl (C=O) groups excluding carboxylic acids is 2. The number of anilines is 1. The highest BCUT2D eigenvalue weighted by atomic mass is 32.1. The number of amides is 2. The Hall–Kier alpha value is -2.25. The summed E-state index contributed by atoms with van der Waals surface area (Å²) in [6.45, 7) is 0.285. The van der Waals surface area contributed by atoms with Crippen LogP contribution in [-0.4, -0.2) is 37.4 Å². The summed E-state index contributed by atoms with van der Waals surface area (Å²) >= 11 is 1.57. The van der Waals surface area contributed by atoms with Crippen LogP contribution in [0, 0.1) is 5.82 Å². The van der Waals surface area contributed by atoms with Gasteiger partial charge in [-0.15, -0.1) is 0 Å². The van der Waals surface area contributed by atoms with Crippen LogP contribution in [0.25, 0.3) is 0 Å². The number of likely N-dealkylation sites (N-methyl/N-ethyl adjacent to an activating group) is 1. The summed E-state index contributed by atoms with van der Waals surface area (Å²) in [7, 11) is 3.79. The van der Waals surface area contributed by atoms with Crippen LogP contribution in [0.4, 0.5) is 10.1 Å². The summed E-state index contributed by atoms with van der Waals surface area (Å²) in [5.74, 6) is -2.27. The lowest BCUT2D eigenvalue weighted by Crippen LogP contribution is -2.40. The maximum atomic E-state index is 13.5. The molecule has 1 aromatic carbocycles. The van der Waals surface area contributed by atoms with Crippen LogP contribution in [0.3, 0.4) is 0 Å². The fourth-order valence-electron chi connectivity index (χ4n) is 2.07. The van der Waals surface area contributed by atoms with Crippen LogP contribution in [-0.2, 0) is 9.59 Å². The number of hydrogen-bond donors (Lipinski definition) is 2. The minimum Gasteiger partial charge on any atom is -0.346 e. The Kier molecular flexibility index (Phi) is 5.84. The normalized spacial score (nSPS) is 12.0. The van der Waals surface area contributed by atoms with E-state index in [1.807, 2.05) is 35.8 Å². The highest BCUT2D eigenvalue weighted by Gasteiger charge is 2.19. The molecular formula is C16H18FN3O2S. The van der Waals surface area contributed by atoms with Crippen molar-refractivity contribution in [3.63, 3.8) is 0 Å². The quantitative estimate of drug-likeness (QED) is 0.824. The lowest BCUT2D eigenvalue weighted by atomic mass is 10.1. The second-order valence-corrected chi connectivity index (χ2v) is 5.96. The standard InChI is InChI=1S/C16H18FN3O2S/c1-20(2)14(11-7-8-23-10-11)9-18-15(21)16(22)19-13-6-4-3-5-12(13)17/h3-8,10,14H,9H2,1-2H3,(H,18,21)(H,19,22)/t14-/m0/s1. The molecule has 0 aliphatic rings. The van der Waals surface area contributed by atoms with E-state index in [4.69, 9.17) is 0 Å². The molecule has 0 bridgehead atoms. The summed E-state index contributed by atoms with van der Waals surface area (Å²) in [5.41, 5.74) is 1.05. The minimum absolute atomic E-state index is 0.0188. The number of thiophene rings is 1. The van der Waals surface area contributed by atoms with Crippen molar-refractivity contribution >= 4 is 28.8 Å². The molecule has 0 aliphatic heterocycles. The molecule has 2 aromatic rings. The Balaban J connectivity index is 1.93. The van der Waals surface area contributed by atoms with Gasteiger partial charge < -0.3 is 15.5 Å². The van der Waals surface area contributed by atoms with Crippen LogP contribution >= 0.6 is 11.3 Å². The monoisotopic (exact) mass is 335 g/mol. The molecular weight excluding hydrogens is 317 g/mol. The van der Waals surface area contributed by atoms with Crippen molar-refractivity contribution in [3.05, 3.63) is 52.5 Å². The fraction of sp³-hybridized carbons (Fsp3) is 0.250. The maximum Gasteiger partial charge on any atom is 0.313 e. The zero-order chi connectivity index (χ0) is 16.8. The number of para-hydroxylation sites is 1. The lowest BCUT2D eigenvalue weighted by Gasteiger charge is -2.23. The average molecular weight is 335 g/mol. The van der Waals surface area contributed by atoms with Gasteiger partial charge >= 0.3 is 11.8 Å². The Morgan fingerprint density at radius 3 is 2.57 bits per heavy atom. The van der Waals surface area contributed by atoms with Crippen LogP contribution < -0.4 is 10.6 Å². The van der Waals surface area contributed by atoms with E-state index in [0.29, 0.717) is 0 Å². The van der Waals surface area contributed by atoms with Gasteiger partial charge in [0.15, 0.2) is 0 Å². The fourth-order valence-corrected chi connectivity index (χ4v) is 2.78. The Bertz CT molecular complexity index is 674. The molecule has 0 radical (unpaired) electrons. The first kappa shape index (κ1) is 17.1. The Morgan fingerprint density at radius 2 is 1.96 bits per heavy atom. The van der Waals surface area contributed by atoms with Crippen LogP contribution in [0.5, 0.6) is 0 Å². The average Bonchev–Trinajstić information content (AvgIpc) is 3.03. The predicted octanol–water partition coefficient (Wildman–Crippen LogP) is 2.24. The molecule has 0 fully saturated rings. The van der Waals surface area contributed by atoms with Gasteiger partial charge in [-0.2, -0.15) is 11.3 Å². The van der Waals surface area contributed by atoms with Crippen molar-refractivity contribution < 1.29 is 14.0 Å². The van der Waals surface area contributed by atoms with E-state index in [0.717, 1.165) is 5.56 Å². The molecule has 0 saturated heterocycles. The van der Waals surface area contributed by atoms with E-state index in [1.54, 1.807) is 17.4 Å². The molecule has 1 atom stereocenters. The molecule has 122 valence electrons. The lowest BCUT2D eigenvalue weighted by molar-refractivity contribution is -0.136. The maximum absolute atomic E-state index is 13.5. The zero-order valence-electron chi connectivity index (χ0n) is 12.9. The van der Waals surface area contributed by atoms with Gasteiger partial charge in [0, 0.05) is 6.54 Å². The van der Waals surface area contributed by atoms with Gasteiger partial charge in [0.25, 0.3) is 0 Å². The van der Waals surface area contributed by atoms with Crippen LogP contribution in [0.15, 0.2) is 41.1 Å². The third-order valence-corrected chi connectivity index (χ3v) is 4.04. The second kappa shape index (κ2) is 7.85. The largest absolute Gasteiger partial charge is 0.346 e. The summed E-state index contributed by atoms with van der Waals surface area (Å²) < 4.78 is 13.5. The number of hydrogen-bond acceptors (Lipinski definition) is 4. The molecule has 5 nitrogen and oxygen atoms in total. The molecule has 23 heavy (non-hydrogen) atoms. The smallest absolute Gasteiger partial charge is 0.313 e.